The van der Waals surface area contributed by atoms with Crippen LogP contribution in [0.5, 0.6) is 11.5 Å². The average molecular weight is 399 g/mol. The number of carbonyl (C=O) groups is 1. The summed E-state index contributed by atoms with van der Waals surface area (Å²) in [5.74, 6) is -0.0692. The molecule has 2 aromatic carbocycles. The van der Waals surface area contributed by atoms with Gasteiger partial charge in [-0.3, -0.25) is 4.79 Å². The molecule has 2 rings (SSSR count). The van der Waals surface area contributed by atoms with Crippen molar-refractivity contribution in [2.45, 2.75) is 26.1 Å². The van der Waals surface area contributed by atoms with Crippen LogP contribution >= 0.6 is 11.6 Å². The molecule has 1 atom stereocenters. The van der Waals surface area contributed by atoms with Crippen molar-refractivity contribution in [1.82, 2.24) is 10.6 Å². The van der Waals surface area contributed by atoms with Gasteiger partial charge in [0.15, 0.2) is 11.5 Å². The Balaban J connectivity index is 1.83. The zero-order chi connectivity index (χ0) is 19.8. The molecule has 0 radical (unpaired) electrons. The number of hydrogen-bond donors (Lipinski definition) is 2. The Morgan fingerprint density at radius 3 is 2.48 bits per heavy atom. The third kappa shape index (κ3) is 6.69. The highest BCUT2D eigenvalue weighted by Gasteiger charge is 2.12. The van der Waals surface area contributed by atoms with Crippen molar-refractivity contribution >= 4 is 17.5 Å². The Kier molecular flexibility index (Phi) is 7.82. The molecule has 0 aromatic heterocycles. The molecule has 0 saturated carbocycles. The zero-order valence-electron chi connectivity index (χ0n) is 15.0. The number of halogens is 3. The summed E-state index contributed by atoms with van der Waals surface area (Å²) in [6, 6.07) is 11.9. The number of alkyl halides is 2. The standard InChI is InChI=1S/C19H21ClF2N2O3/c1-12(14-4-6-15(20)7-5-14)23-11-18(25)24-10-13-3-8-16(27-19(21)22)17(9-13)26-2/h3-9,12,19,23H,10-11H2,1-2H3,(H,24,25)/t12-/m1/s1. The summed E-state index contributed by atoms with van der Waals surface area (Å²) in [7, 11) is 1.36. The lowest BCUT2D eigenvalue weighted by Gasteiger charge is -2.15. The topological polar surface area (TPSA) is 59.6 Å². The van der Waals surface area contributed by atoms with E-state index in [1.807, 2.05) is 19.1 Å². The van der Waals surface area contributed by atoms with Gasteiger partial charge in [-0.15, -0.1) is 0 Å². The third-order valence-electron chi connectivity index (χ3n) is 3.87. The quantitative estimate of drug-likeness (QED) is 0.672. The van der Waals surface area contributed by atoms with Crippen molar-refractivity contribution in [2.75, 3.05) is 13.7 Å². The van der Waals surface area contributed by atoms with E-state index in [1.165, 1.54) is 13.2 Å². The van der Waals surface area contributed by atoms with E-state index < -0.39 is 6.61 Å². The van der Waals surface area contributed by atoms with E-state index in [4.69, 9.17) is 16.3 Å². The van der Waals surface area contributed by atoms with Gasteiger partial charge in [-0.1, -0.05) is 29.8 Å². The summed E-state index contributed by atoms with van der Waals surface area (Å²) >= 11 is 5.86. The number of methoxy groups -OCH3 is 1. The van der Waals surface area contributed by atoms with Crippen molar-refractivity contribution in [3.05, 3.63) is 58.6 Å². The van der Waals surface area contributed by atoms with Crippen molar-refractivity contribution in [3.8, 4) is 11.5 Å². The van der Waals surface area contributed by atoms with Crippen molar-refractivity contribution < 1.29 is 23.0 Å². The minimum Gasteiger partial charge on any atom is -0.493 e. The summed E-state index contributed by atoms with van der Waals surface area (Å²) in [6.07, 6.45) is 0. The molecule has 0 bridgehead atoms. The molecule has 0 aliphatic carbocycles. The maximum absolute atomic E-state index is 12.3. The number of hydrogen-bond acceptors (Lipinski definition) is 4. The van der Waals surface area contributed by atoms with Crippen LogP contribution in [0.4, 0.5) is 8.78 Å². The van der Waals surface area contributed by atoms with Crippen LogP contribution in [-0.2, 0) is 11.3 Å². The maximum Gasteiger partial charge on any atom is 0.387 e. The van der Waals surface area contributed by atoms with Crippen LogP contribution in [0.15, 0.2) is 42.5 Å². The minimum absolute atomic E-state index is 0.0149. The zero-order valence-corrected chi connectivity index (χ0v) is 15.7. The van der Waals surface area contributed by atoms with E-state index in [-0.39, 0.29) is 36.5 Å². The molecule has 2 aromatic rings. The van der Waals surface area contributed by atoms with Gasteiger partial charge in [0.05, 0.1) is 13.7 Å². The highest BCUT2D eigenvalue weighted by atomic mass is 35.5. The van der Waals surface area contributed by atoms with Gasteiger partial charge in [-0.05, 0) is 42.3 Å². The van der Waals surface area contributed by atoms with Crippen LogP contribution in [0.25, 0.3) is 0 Å². The maximum atomic E-state index is 12.3. The van der Waals surface area contributed by atoms with Gasteiger partial charge in [0, 0.05) is 17.6 Å². The molecule has 0 heterocycles. The van der Waals surface area contributed by atoms with Gasteiger partial charge in [-0.2, -0.15) is 8.78 Å². The summed E-state index contributed by atoms with van der Waals surface area (Å²) < 4.78 is 34.1. The Hall–Kier alpha value is -2.38. The lowest BCUT2D eigenvalue weighted by Crippen LogP contribution is -2.34. The Bertz CT molecular complexity index is 757. The largest absolute Gasteiger partial charge is 0.493 e. The number of benzene rings is 2. The molecular formula is C19H21ClF2N2O3. The van der Waals surface area contributed by atoms with Gasteiger partial charge < -0.3 is 20.1 Å². The molecule has 0 fully saturated rings. The number of rotatable bonds is 9. The Morgan fingerprint density at radius 1 is 1.15 bits per heavy atom. The van der Waals surface area contributed by atoms with Crippen LogP contribution in [-0.4, -0.2) is 26.2 Å². The highest BCUT2D eigenvalue weighted by Crippen LogP contribution is 2.29. The monoisotopic (exact) mass is 398 g/mol. The van der Waals surface area contributed by atoms with Crippen LogP contribution < -0.4 is 20.1 Å². The SMILES string of the molecule is COc1cc(CNC(=O)CN[C@H](C)c2ccc(Cl)cc2)ccc1OC(F)F. The Labute approximate surface area is 161 Å². The lowest BCUT2D eigenvalue weighted by molar-refractivity contribution is -0.120. The first-order valence-corrected chi connectivity index (χ1v) is 8.64. The molecule has 8 heteroatoms. The molecule has 0 saturated heterocycles. The molecule has 146 valence electrons. The van der Waals surface area contributed by atoms with E-state index in [0.29, 0.717) is 10.6 Å². The van der Waals surface area contributed by atoms with Crippen molar-refractivity contribution in [1.29, 1.82) is 0 Å². The molecule has 0 aliphatic heterocycles. The van der Waals surface area contributed by atoms with E-state index in [9.17, 15) is 13.6 Å². The predicted molar refractivity (Wildman–Crippen MR) is 99.3 cm³/mol. The van der Waals surface area contributed by atoms with Gasteiger partial charge >= 0.3 is 6.61 Å². The van der Waals surface area contributed by atoms with Gasteiger partial charge in [0.2, 0.25) is 5.91 Å². The Morgan fingerprint density at radius 2 is 1.85 bits per heavy atom. The van der Waals surface area contributed by atoms with E-state index in [0.717, 1.165) is 5.56 Å². The third-order valence-corrected chi connectivity index (χ3v) is 4.12. The van der Waals surface area contributed by atoms with Crippen LogP contribution in [0.2, 0.25) is 5.02 Å². The fourth-order valence-electron chi connectivity index (χ4n) is 2.39. The second-order valence-corrected chi connectivity index (χ2v) is 6.23. The minimum atomic E-state index is -2.93. The molecule has 0 spiro atoms. The van der Waals surface area contributed by atoms with Crippen molar-refractivity contribution in [3.63, 3.8) is 0 Å². The van der Waals surface area contributed by atoms with Gasteiger partial charge in [-0.25, -0.2) is 0 Å². The predicted octanol–water partition coefficient (Wildman–Crippen LogP) is 3.92. The lowest BCUT2D eigenvalue weighted by atomic mass is 10.1. The summed E-state index contributed by atoms with van der Waals surface area (Å²) in [5, 5.41) is 6.54. The number of amides is 1. The fourth-order valence-corrected chi connectivity index (χ4v) is 2.52. The first-order valence-electron chi connectivity index (χ1n) is 8.26. The van der Waals surface area contributed by atoms with E-state index in [2.05, 4.69) is 15.4 Å². The van der Waals surface area contributed by atoms with Gasteiger partial charge in [0.25, 0.3) is 0 Å². The van der Waals surface area contributed by atoms with Crippen LogP contribution in [0, 0.1) is 0 Å². The molecule has 1 amide bonds. The van der Waals surface area contributed by atoms with E-state index in [1.54, 1.807) is 24.3 Å². The van der Waals surface area contributed by atoms with Crippen LogP contribution in [0.3, 0.4) is 0 Å². The molecular weight excluding hydrogens is 378 g/mol. The fraction of sp³-hybridized carbons (Fsp3) is 0.316. The smallest absolute Gasteiger partial charge is 0.387 e. The normalized spacial score (nSPS) is 11.9. The van der Waals surface area contributed by atoms with E-state index >= 15 is 0 Å². The van der Waals surface area contributed by atoms with Gasteiger partial charge in [0.1, 0.15) is 0 Å². The number of ether oxygens (including phenoxy) is 2. The number of nitrogens with one attached hydrogen (secondary N) is 2. The average Bonchev–Trinajstić information content (AvgIpc) is 2.65. The second kappa shape index (κ2) is 10.1. The molecule has 5 nitrogen and oxygen atoms in total. The summed E-state index contributed by atoms with van der Waals surface area (Å²) in [4.78, 5) is 12.0. The molecule has 0 aliphatic rings. The summed E-state index contributed by atoms with van der Waals surface area (Å²) in [5.41, 5.74) is 1.72. The molecule has 0 unspecified atom stereocenters. The molecule has 27 heavy (non-hydrogen) atoms. The summed E-state index contributed by atoms with van der Waals surface area (Å²) in [6.45, 7) is -0.615. The van der Waals surface area contributed by atoms with Crippen molar-refractivity contribution in [2.24, 2.45) is 0 Å². The first kappa shape index (κ1) is 20.9. The number of carbonyl (C=O) groups excluding carboxylic acids is 1. The van der Waals surface area contributed by atoms with Crippen LogP contribution in [0.1, 0.15) is 24.1 Å². The first-order chi connectivity index (χ1) is 12.9. The highest BCUT2D eigenvalue weighted by molar-refractivity contribution is 6.30. The second-order valence-electron chi connectivity index (χ2n) is 5.79. The molecule has 2 N–H and O–H groups in total.